The second-order valence-corrected chi connectivity index (χ2v) is 5.52. The van der Waals surface area contributed by atoms with Gasteiger partial charge in [-0.2, -0.15) is 0 Å². The van der Waals surface area contributed by atoms with Gasteiger partial charge >= 0.3 is 0 Å². The third-order valence-corrected chi connectivity index (χ3v) is 4.25. The van der Waals surface area contributed by atoms with E-state index in [1.165, 1.54) is 21.3 Å². The van der Waals surface area contributed by atoms with Crippen molar-refractivity contribution in [2.24, 2.45) is 5.73 Å². The molecule has 1 atom stereocenters. The Morgan fingerprint density at radius 2 is 2.06 bits per heavy atom. The summed E-state index contributed by atoms with van der Waals surface area (Å²) in [7, 11) is 0. The molecule has 0 fully saturated rings. The summed E-state index contributed by atoms with van der Waals surface area (Å²) in [5, 5.41) is 3.60. The first kappa shape index (κ1) is 11.5. The number of benzene rings is 1. The Morgan fingerprint density at radius 3 is 2.89 bits per heavy atom. The van der Waals surface area contributed by atoms with Gasteiger partial charge in [-0.25, -0.2) is 0 Å². The smallest absolute Gasteiger partial charge is 0.0487 e. The van der Waals surface area contributed by atoms with Crippen molar-refractivity contribution in [3.63, 3.8) is 0 Å². The van der Waals surface area contributed by atoms with E-state index < -0.39 is 0 Å². The maximum atomic E-state index is 5.98. The lowest BCUT2D eigenvalue weighted by atomic mass is 10.1. The van der Waals surface area contributed by atoms with E-state index in [4.69, 9.17) is 5.73 Å². The van der Waals surface area contributed by atoms with Gasteiger partial charge in [0.25, 0.3) is 0 Å². The van der Waals surface area contributed by atoms with Crippen LogP contribution in [0.4, 0.5) is 0 Å². The van der Waals surface area contributed by atoms with Gasteiger partial charge in [-0.15, -0.1) is 11.3 Å². The van der Waals surface area contributed by atoms with Crippen LogP contribution in [0.5, 0.6) is 0 Å². The number of nitrogens with zero attached hydrogens (tertiary/aromatic N) is 1. The molecule has 0 radical (unpaired) electrons. The number of hydrogen-bond acceptors (Lipinski definition) is 2. The molecule has 0 aliphatic rings. The molecule has 2 nitrogen and oxygen atoms in total. The summed E-state index contributed by atoms with van der Waals surface area (Å²) in [4.78, 5) is 0. The van der Waals surface area contributed by atoms with Gasteiger partial charge in [-0.3, -0.25) is 0 Å². The van der Waals surface area contributed by atoms with Crippen molar-refractivity contribution in [3.05, 3.63) is 59.2 Å². The Hall–Kier alpha value is -1.58. The lowest BCUT2D eigenvalue weighted by Crippen LogP contribution is -2.12. The van der Waals surface area contributed by atoms with E-state index in [0.29, 0.717) is 0 Å². The van der Waals surface area contributed by atoms with Crippen LogP contribution in [0.15, 0.2) is 48.0 Å². The van der Waals surface area contributed by atoms with Crippen LogP contribution in [-0.2, 0) is 6.54 Å². The fraction of sp³-hybridized carbons (Fsp3) is 0.200. The third-order valence-electron chi connectivity index (χ3n) is 3.23. The summed E-state index contributed by atoms with van der Waals surface area (Å²) in [6.45, 7) is 2.92. The first-order valence-corrected chi connectivity index (χ1v) is 6.99. The standard InChI is InChI=1S/C15H16N2S/c1-11(16)14-6-4-8-17(14)9-12-10-18-15-7-3-2-5-13(12)15/h2-8,10-11H,9,16H2,1H3. The maximum Gasteiger partial charge on any atom is 0.0487 e. The number of fused-ring (bicyclic) bond motifs is 1. The van der Waals surface area contributed by atoms with E-state index in [0.717, 1.165) is 6.54 Å². The zero-order valence-electron chi connectivity index (χ0n) is 10.3. The first-order valence-electron chi connectivity index (χ1n) is 6.11. The molecule has 0 bridgehead atoms. The monoisotopic (exact) mass is 256 g/mol. The SMILES string of the molecule is CC(N)c1cccn1Cc1csc2ccccc12. The molecule has 18 heavy (non-hydrogen) atoms. The molecular weight excluding hydrogens is 240 g/mol. The van der Waals surface area contributed by atoms with E-state index in [1.807, 2.05) is 6.92 Å². The highest BCUT2D eigenvalue weighted by Crippen LogP contribution is 2.27. The Bertz CT molecular complexity index is 664. The minimum atomic E-state index is 0.0740. The van der Waals surface area contributed by atoms with Gasteiger partial charge in [0, 0.05) is 29.2 Å². The molecule has 1 aromatic carbocycles. The fourth-order valence-corrected chi connectivity index (χ4v) is 3.28. The molecule has 0 amide bonds. The Balaban J connectivity index is 1.99. The zero-order valence-corrected chi connectivity index (χ0v) is 11.2. The number of aromatic nitrogens is 1. The van der Waals surface area contributed by atoms with Crippen molar-refractivity contribution in [2.45, 2.75) is 19.5 Å². The molecule has 2 heterocycles. The van der Waals surface area contributed by atoms with Crippen molar-refractivity contribution in [1.29, 1.82) is 0 Å². The van der Waals surface area contributed by atoms with Crippen LogP contribution in [0.1, 0.15) is 24.2 Å². The third kappa shape index (κ3) is 1.96. The topological polar surface area (TPSA) is 30.9 Å². The predicted molar refractivity (Wildman–Crippen MR) is 78.0 cm³/mol. The van der Waals surface area contributed by atoms with Gasteiger partial charge in [-0.05, 0) is 41.5 Å². The van der Waals surface area contributed by atoms with Gasteiger partial charge in [0.15, 0.2) is 0 Å². The highest BCUT2D eigenvalue weighted by molar-refractivity contribution is 7.17. The second kappa shape index (κ2) is 4.59. The van der Waals surface area contributed by atoms with E-state index in [-0.39, 0.29) is 6.04 Å². The van der Waals surface area contributed by atoms with Crippen molar-refractivity contribution >= 4 is 21.4 Å². The van der Waals surface area contributed by atoms with Crippen molar-refractivity contribution in [2.75, 3.05) is 0 Å². The van der Waals surface area contributed by atoms with Gasteiger partial charge in [-0.1, -0.05) is 18.2 Å². The van der Waals surface area contributed by atoms with Crippen molar-refractivity contribution < 1.29 is 0 Å². The number of hydrogen-bond donors (Lipinski definition) is 1. The summed E-state index contributed by atoms with van der Waals surface area (Å²) in [5.74, 6) is 0. The van der Waals surface area contributed by atoms with Gasteiger partial charge in [0.1, 0.15) is 0 Å². The Kier molecular flexibility index (Phi) is 2.94. The highest BCUT2D eigenvalue weighted by atomic mass is 32.1. The molecule has 2 aromatic heterocycles. The molecular formula is C15H16N2S. The predicted octanol–water partition coefficient (Wildman–Crippen LogP) is 3.77. The summed E-state index contributed by atoms with van der Waals surface area (Å²) in [5.41, 5.74) is 8.54. The molecule has 92 valence electrons. The van der Waals surface area contributed by atoms with E-state index in [9.17, 15) is 0 Å². The zero-order chi connectivity index (χ0) is 12.5. The lowest BCUT2D eigenvalue weighted by molar-refractivity contribution is 0.678. The van der Waals surface area contributed by atoms with Gasteiger partial charge < -0.3 is 10.3 Å². The van der Waals surface area contributed by atoms with E-state index >= 15 is 0 Å². The molecule has 3 rings (SSSR count). The summed E-state index contributed by atoms with van der Waals surface area (Å²) in [6.07, 6.45) is 2.10. The second-order valence-electron chi connectivity index (χ2n) is 4.61. The van der Waals surface area contributed by atoms with E-state index in [1.54, 1.807) is 11.3 Å². The quantitative estimate of drug-likeness (QED) is 0.759. The minimum Gasteiger partial charge on any atom is -0.346 e. The van der Waals surface area contributed by atoms with Gasteiger partial charge in [0.2, 0.25) is 0 Å². The van der Waals surface area contributed by atoms with Crippen LogP contribution in [0, 0.1) is 0 Å². The molecule has 3 heteroatoms. The van der Waals surface area contributed by atoms with Gasteiger partial charge in [0.05, 0.1) is 0 Å². The molecule has 1 unspecified atom stereocenters. The molecule has 0 aliphatic heterocycles. The molecule has 2 N–H and O–H groups in total. The molecule has 0 saturated carbocycles. The number of thiophene rings is 1. The average Bonchev–Trinajstić information content (AvgIpc) is 2.97. The maximum absolute atomic E-state index is 5.98. The summed E-state index contributed by atoms with van der Waals surface area (Å²) >= 11 is 1.81. The Labute approximate surface area is 111 Å². The van der Waals surface area contributed by atoms with Crippen LogP contribution in [0.25, 0.3) is 10.1 Å². The molecule has 0 spiro atoms. The molecule has 3 aromatic rings. The average molecular weight is 256 g/mol. The van der Waals surface area contributed by atoms with E-state index in [2.05, 4.69) is 52.5 Å². The number of nitrogens with two attached hydrogens (primary N) is 1. The minimum absolute atomic E-state index is 0.0740. The largest absolute Gasteiger partial charge is 0.346 e. The van der Waals surface area contributed by atoms with Crippen LogP contribution >= 0.6 is 11.3 Å². The van der Waals surface area contributed by atoms with Crippen LogP contribution < -0.4 is 5.73 Å². The van der Waals surface area contributed by atoms with Crippen molar-refractivity contribution in [1.82, 2.24) is 4.57 Å². The molecule has 0 aliphatic carbocycles. The normalized spacial score (nSPS) is 13.0. The Morgan fingerprint density at radius 1 is 1.22 bits per heavy atom. The fourth-order valence-electron chi connectivity index (χ4n) is 2.32. The summed E-state index contributed by atoms with van der Waals surface area (Å²) < 4.78 is 3.58. The number of rotatable bonds is 3. The van der Waals surface area contributed by atoms with Crippen molar-refractivity contribution in [3.8, 4) is 0 Å². The first-order chi connectivity index (χ1) is 8.75. The van der Waals surface area contributed by atoms with Crippen LogP contribution in [-0.4, -0.2) is 4.57 Å². The highest BCUT2D eigenvalue weighted by Gasteiger charge is 2.08. The summed E-state index contributed by atoms with van der Waals surface area (Å²) in [6, 6.07) is 12.8. The van der Waals surface area contributed by atoms with Crippen LogP contribution in [0.2, 0.25) is 0 Å². The van der Waals surface area contributed by atoms with Crippen LogP contribution in [0.3, 0.4) is 0 Å². The lowest BCUT2D eigenvalue weighted by Gasteiger charge is -2.11. The molecule has 0 saturated heterocycles.